The van der Waals surface area contributed by atoms with E-state index in [0.717, 1.165) is 25.4 Å². The van der Waals surface area contributed by atoms with Gasteiger partial charge in [-0.15, -0.1) is 0 Å². The van der Waals surface area contributed by atoms with E-state index in [-0.39, 0.29) is 12.0 Å². The molecular formula is C12H20N2O2. The molecule has 0 amide bonds. The minimum atomic E-state index is 0.0977. The minimum absolute atomic E-state index is 0.0977. The van der Waals surface area contributed by atoms with Crippen LogP contribution in [0.15, 0.2) is 5.16 Å². The quantitative estimate of drug-likeness (QED) is 0.440. The van der Waals surface area contributed by atoms with Gasteiger partial charge in [0.2, 0.25) is 0 Å². The molecule has 0 aliphatic carbocycles. The predicted molar refractivity (Wildman–Crippen MR) is 64.3 cm³/mol. The average molecular weight is 224 g/mol. The fourth-order valence-corrected chi connectivity index (χ4v) is 1.32. The molecule has 1 fully saturated rings. The van der Waals surface area contributed by atoms with Crippen molar-refractivity contribution in [1.82, 2.24) is 5.32 Å². The van der Waals surface area contributed by atoms with Crippen molar-refractivity contribution >= 4 is 5.71 Å². The van der Waals surface area contributed by atoms with E-state index in [1.807, 2.05) is 13.8 Å². The van der Waals surface area contributed by atoms with Crippen molar-refractivity contribution in [3.05, 3.63) is 0 Å². The highest BCUT2D eigenvalue weighted by atomic mass is 16.6. The van der Waals surface area contributed by atoms with Gasteiger partial charge in [0.1, 0.15) is 18.4 Å². The Morgan fingerprint density at radius 1 is 1.62 bits per heavy atom. The van der Waals surface area contributed by atoms with Crippen LogP contribution in [0.3, 0.4) is 0 Å². The maximum absolute atomic E-state index is 5.49. The Labute approximate surface area is 97.4 Å². The van der Waals surface area contributed by atoms with Crippen LogP contribution in [0.2, 0.25) is 0 Å². The van der Waals surface area contributed by atoms with Crippen molar-refractivity contribution in [1.29, 1.82) is 0 Å². The lowest BCUT2D eigenvalue weighted by Crippen LogP contribution is -2.40. The van der Waals surface area contributed by atoms with Crippen LogP contribution in [0.1, 0.15) is 20.8 Å². The van der Waals surface area contributed by atoms with E-state index in [1.54, 1.807) is 6.92 Å². The van der Waals surface area contributed by atoms with E-state index in [1.165, 1.54) is 0 Å². The Morgan fingerprint density at radius 3 is 3.00 bits per heavy atom. The first-order valence-corrected chi connectivity index (χ1v) is 5.69. The smallest absolute Gasteiger partial charge is 0.144 e. The lowest BCUT2D eigenvalue weighted by Gasteiger charge is -2.22. The van der Waals surface area contributed by atoms with Gasteiger partial charge in [0.25, 0.3) is 0 Å². The minimum Gasteiger partial charge on any atom is -0.392 e. The molecule has 90 valence electrons. The van der Waals surface area contributed by atoms with E-state index < -0.39 is 0 Å². The average Bonchev–Trinajstić information content (AvgIpc) is 2.29. The summed E-state index contributed by atoms with van der Waals surface area (Å²) in [5, 5.41) is 7.28. The first-order valence-electron chi connectivity index (χ1n) is 5.69. The van der Waals surface area contributed by atoms with Gasteiger partial charge in [-0.25, -0.2) is 0 Å². The van der Waals surface area contributed by atoms with Crippen molar-refractivity contribution in [2.75, 3.05) is 26.3 Å². The van der Waals surface area contributed by atoms with Crippen molar-refractivity contribution in [3.8, 4) is 11.8 Å². The number of hydrogen-bond acceptors (Lipinski definition) is 4. The molecule has 0 aromatic carbocycles. The number of rotatable bonds is 4. The predicted octanol–water partition coefficient (Wildman–Crippen LogP) is 1.03. The van der Waals surface area contributed by atoms with E-state index in [2.05, 4.69) is 22.3 Å². The highest BCUT2D eigenvalue weighted by molar-refractivity contribution is 6.01. The maximum Gasteiger partial charge on any atom is 0.144 e. The molecule has 4 heteroatoms. The van der Waals surface area contributed by atoms with Gasteiger partial charge < -0.3 is 14.9 Å². The van der Waals surface area contributed by atoms with Crippen LogP contribution in [0, 0.1) is 17.8 Å². The zero-order chi connectivity index (χ0) is 11.8. The molecule has 0 aromatic heterocycles. The van der Waals surface area contributed by atoms with Crippen LogP contribution in [0.25, 0.3) is 0 Å². The Kier molecular flexibility index (Phi) is 5.91. The lowest BCUT2D eigenvalue weighted by molar-refractivity contribution is -0.0303. The topological polar surface area (TPSA) is 42.8 Å². The van der Waals surface area contributed by atoms with Gasteiger partial charge in [-0.2, -0.15) is 0 Å². The number of oxime groups is 1. The Hall–Kier alpha value is -1.05. The van der Waals surface area contributed by atoms with Crippen molar-refractivity contribution in [2.45, 2.75) is 26.9 Å². The molecule has 1 heterocycles. The van der Waals surface area contributed by atoms with E-state index in [9.17, 15) is 0 Å². The lowest BCUT2D eigenvalue weighted by atomic mass is 10.1. The van der Waals surface area contributed by atoms with Crippen LogP contribution < -0.4 is 5.32 Å². The van der Waals surface area contributed by atoms with Crippen LogP contribution in [-0.4, -0.2) is 38.1 Å². The summed E-state index contributed by atoms with van der Waals surface area (Å²) in [7, 11) is 0. The highest BCUT2D eigenvalue weighted by Gasteiger charge is 2.13. The van der Waals surface area contributed by atoms with Crippen LogP contribution >= 0.6 is 0 Å². The molecule has 0 saturated carbocycles. The standard InChI is InChI=1S/C12H20N2O2/c1-4-5-12(10(2)3)14-16-9-11-8-13-6-7-15-11/h10-11,13H,6-9H2,1-3H3/b14-12+/t11-/m0/s1. The van der Waals surface area contributed by atoms with Crippen molar-refractivity contribution in [3.63, 3.8) is 0 Å². The van der Waals surface area contributed by atoms with Crippen LogP contribution in [-0.2, 0) is 9.57 Å². The molecule has 0 bridgehead atoms. The molecule has 1 N–H and O–H groups in total. The maximum atomic E-state index is 5.49. The van der Waals surface area contributed by atoms with Crippen LogP contribution in [0.4, 0.5) is 0 Å². The molecule has 0 aromatic rings. The van der Waals surface area contributed by atoms with E-state index in [0.29, 0.717) is 6.61 Å². The zero-order valence-electron chi connectivity index (χ0n) is 10.2. The Bertz CT molecular complexity index is 283. The number of ether oxygens (including phenoxy) is 1. The summed E-state index contributed by atoms with van der Waals surface area (Å²) in [5.74, 6) is 6.06. The molecule has 0 unspecified atom stereocenters. The second kappa shape index (κ2) is 7.26. The molecular weight excluding hydrogens is 204 g/mol. The monoisotopic (exact) mass is 224 g/mol. The Morgan fingerprint density at radius 2 is 2.44 bits per heavy atom. The second-order valence-electron chi connectivity index (χ2n) is 4.00. The molecule has 1 atom stereocenters. The molecule has 0 radical (unpaired) electrons. The first-order chi connectivity index (χ1) is 7.74. The SMILES string of the molecule is CC#C/C(=N\OC[C@@H]1CNCCO1)C(C)C. The largest absolute Gasteiger partial charge is 0.392 e. The summed E-state index contributed by atoms with van der Waals surface area (Å²) in [5.41, 5.74) is 0.784. The third-order valence-electron chi connectivity index (χ3n) is 2.23. The summed E-state index contributed by atoms with van der Waals surface area (Å²) in [4.78, 5) is 5.27. The molecule has 1 rings (SSSR count). The molecule has 16 heavy (non-hydrogen) atoms. The van der Waals surface area contributed by atoms with Crippen molar-refractivity contribution < 1.29 is 9.57 Å². The van der Waals surface area contributed by atoms with E-state index >= 15 is 0 Å². The summed E-state index contributed by atoms with van der Waals surface area (Å²) in [6.45, 7) is 8.85. The molecule has 0 spiro atoms. The van der Waals surface area contributed by atoms with Gasteiger partial charge in [0.05, 0.1) is 6.61 Å². The first kappa shape index (κ1) is 13.0. The number of nitrogens with zero attached hydrogens (tertiary/aromatic N) is 1. The third-order valence-corrected chi connectivity index (χ3v) is 2.23. The van der Waals surface area contributed by atoms with Gasteiger partial charge in [-0.05, 0) is 12.8 Å². The van der Waals surface area contributed by atoms with Gasteiger partial charge >= 0.3 is 0 Å². The fraction of sp³-hybridized carbons (Fsp3) is 0.750. The summed E-state index contributed by atoms with van der Waals surface area (Å²) < 4.78 is 5.49. The second-order valence-corrected chi connectivity index (χ2v) is 4.00. The fourth-order valence-electron chi connectivity index (χ4n) is 1.32. The van der Waals surface area contributed by atoms with Gasteiger partial charge in [-0.1, -0.05) is 24.9 Å². The van der Waals surface area contributed by atoms with E-state index in [4.69, 9.17) is 9.57 Å². The molecule has 1 saturated heterocycles. The zero-order valence-corrected chi connectivity index (χ0v) is 10.2. The van der Waals surface area contributed by atoms with Crippen LogP contribution in [0.5, 0.6) is 0 Å². The normalized spacial score (nSPS) is 21.5. The number of hydrogen-bond donors (Lipinski definition) is 1. The molecule has 1 aliphatic rings. The van der Waals surface area contributed by atoms with Gasteiger partial charge in [0.15, 0.2) is 0 Å². The summed E-state index contributed by atoms with van der Waals surface area (Å²) in [6.07, 6.45) is 0.0977. The Balaban J connectivity index is 2.34. The van der Waals surface area contributed by atoms with Crippen molar-refractivity contribution in [2.24, 2.45) is 11.1 Å². The number of nitrogens with one attached hydrogen (secondary N) is 1. The highest BCUT2D eigenvalue weighted by Crippen LogP contribution is 2.00. The molecule has 1 aliphatic heterocycles. The van der Waals surface area contributed by atoms with Gasteiger partial charge in [0, 0.05) is 19.0 Å². The molecule has 4 nitrogen and oxygen atoms in total. The third kappa shape index (κ3) is 4.65. The van der Waals surface area contributed by atoms with Gasteiger partial charge in [-0.3, -0.25) is 0 Å². The summed E-state index contributed by atoms with van der Waals surface area (Å²) in [6, 6.07) is 0. The number of morpholine rings is 1. The summed E-state index contributed by atoms with van der Waals surface area (Å²) >= 11 is 0.